The van der Waals surface area contributed by atoms with Crippen LogP contribution in [0.15, 0.2) is 64.8 Å². The highest BCUT2D eigenvalue weighted by molar-refractivity contribution is 6.31. The Balaban J connectivity index is 1.50. The quantitative estimate of drug-likeness (QED) is 0.168. The van der Waals surface area contributed by atoms with Crippen molar-refractivity contribution in [2.45, 2.75) is 143 Å². The van der Waals surface area contributed by atoms with Crippen LogP contribution in [0.5, 0.6) is 5.75 Å². The maximum Gasteiger partial charge on any atom is 0.325 e. The Morgan fingerprint density at radius 1 is 1.00 bits per heavy atom. The SMILES string of the molecule is CCOc1cc(C(C)(C)C)ncc1C(=NC(C)(C)C1C=CC(Cl)=CC1)N(Cc1ccc(Cl)cc1)C(=O)N1CCC(CC(=O)N(C(C)C)C2CCCCC2)CC1. The molecule has 8 nitrogen and oxygen atoms in total. The number of rotatable bonds is 11. The van der Waals surface area contributed by atoms with Crippen LogP contribution in [0, 0.1) is 11.8 Å². The van der Waals surface area contributed by atoms with Gasteiger partial charge in [-0.15, -0.1) is 0 Å². The fourth-order valence-electron chi connectivity index (χ4n) is 8.16. The van der Waals surface area contributed by atoms with Gasteiger partial charge in [0.2, 0.25) is 5.91 Å². The molecule has 1 aromatic heterocycles. The van der Waals surface area contributed by atoms with Gasteiger partial charge in [0.05, 0.1) is 24.3 Å². The lowest BCUT2D eigenvalue weighted by Gasteiger charge is -2.40. The van der Waals surface area contributed by atoms with E-state index in [4.69, 9.17) is 37.9 Å². The van der Waals surface area contributed by atoms with E-state index in [1.165, 1.54) is 19.3 Å². The lowest BCUT2D eigenvalue weighted by molar-refractivity contribution is -0.137. The van der Waals surface area contributed by atoms with Crippen LogP contribution in [0.1, 0.15) is 130 Å². The first-order valence-electron chi connectivity index (χ1n) is 20.5. The van der Waals surface area contributed by atoms with Crippen LogP contribution in [0.3, 0.4) is 0 Å². The molecule has 5 rings (SSSR count). The van der Waals surface area contributed by atoms with Gasteiger partial charge in [-0.1, -0.05) is 87.5 Å². The average Bonchev–Trinajstić information content (AvgIpc) is 3.14. The minimum Gasteiger partial charge on any atom is -0.493 e. The summed E-state index contributed by atoms with van der Waals surface area (Å²) in [5.74, 6) is 1.68. The second-order valence-corrected chi connectivity index (χ2v) is 18.3. The summed E-state index contributed by atoms with van der Waals surface area (Å²) in [6.45, 7) is 18.7. The molecule has 0 spiro atoms. The van der Waals surface area contributed by atoms with Gasteiger partial charge in [0.1, 0.15) is 11.6 Å². The molecule has 1 unspecified atom stereocenters. The standard InChI is InChI=1S/C45H63Cl2N5O3/c1-9-55-39-28-40(44(4,5)6)48-29-38(39)42(49-45(7,8)34-17-21-36(47)22-18-34)51(30-33-15-19-35(46)20-16-33)43(54)50-25-23-32(24-26-50)27-41(53)52(31(2)3)37-13-11-10-12-14-37/h15-17,19-22,28-29,31-32,34,37H,9-14,18,23-27,30H2,1-8H3. The van der Waals surface area contributed by atoms with E-state index in [0.29, 0.717) is 59.4 Å². The Labute approximate surface area is 340 Å². The highest BCUT2D eigenvalue weighted by Crippen LogP contribution is 2.35. The molecule has 2 heterocycles. The zero-order valence-corrected chi connectivity index (χ0v) is 35.9. The van der Waals surface area contributed by atoms with Gasteiger partial charge in [-0.05, 0) is 96.4 Å². The van der Waals surface area contributed by atoms with Crippen LogP contribution in [0.4, 0.5) is 4.79 Å². The van der Waals surface area contributed by atoms with Gasteiger partial charge in [-0.2, -0.15) is 0 Å². The van der Waals surface area contributed by atoms with Gasteiger partial charge in [-0.3, -0.25) is 19.7 Å². The molecule has 10 heteroatoms. The third kappa shape index (κ3) is 11.2. The van der Waals surface area contributed by atoms with Crippen LogP contribution in [0.25, 0.3) is 0 Å². The highest BCUT2D eigenvalue weighted by atomic mass is 35.5. The van der Waals surface area contributed by atoms with Crippen molar-refractivity contribution < 1.29 is 14.3 Å². The first kappa shape index (κ1) is 42.8. The number of nitrogens with zero attached hydrogens (tertiary/aromatic N) is 5. The van der Waals surface area contributed by atoms with Crippen LogP contribution in [-0.2, 0) is 16.8 Å². The molecule has 2 aromatic rings. The fraction of sp³-hybridized carbons (Fsp3) is 0.600. The summed E-state index contributed by atoms with van der Waals surface area (Å²) in [4.78, 5) is 45.2. The molecule has 55 heavy (non-hydrogen) atoms. The number of carbonyl (C=O) groups excluding carboxylic acids is 2. The number of piperidine rings is 1. The number of amidine groups is 1. The van der Waals surface area contributed by atoms with Crippen molar-refractivity contribution >= 4 is 41.0 Å². The van der Waals surface area contributed by atoms with Crippen molar-refractivity contribution in [3.63, 3.8) is 0 Å². The number of aromatic nitrogens is 1. The molecule has 1 aliphatic heterocycles. The van der Waals surface area contributed by atoms with Gasteiger partial charge in [-0.25, -0.2) is 4.79 Å². The summed E-state index contributed by atoms with van der Waals surface area (Å²) in [6, 6.07) is 10.0. The molecule has 0 radical (unpaired) electrons. The Kier molecular flexibility index (Phi) is 14.6. The predicted octanol–water partition coefficient (Wildman–Crippen LogP) is 10.9. The van der Waals surface area contributed by atoms with Gasteiger partial charge in [0.25, 0.3) is 0 Å². The van der Waals surface area contributed by atoms with Crippen molar-refractivity contribution in [3.8, 4) is 5.75 Å². The number of allylic oxidation sites excluding steroid dienone is 3. The van der Waals surface area contributed by atoms with E-state index in [0.717, 1.165) is 43.4 Å². The summed E-state index contributed by atoms with van der Waals surface area (Å²) in [7, 11) is 0. The van der Waals surface area contributed by atoms with Crippen molar-refractivity contribution in [2.75, 3.05) is 19.7 Å². The molecule has 0 bridgehead atoms. The molecule has 300 valence electrons. The summed E-state index contributed by atoms with van der Waals surface area (Å²) >= 11 is 12.7. The monoisotopic (exact) mass is 791 g/mol. The summed E-state index contributed by atoms with van der Waals surface area (Å²) in [5, 5.41) is 1.34. The average molecular weight is 793 g/mol. The number of likely N-dealkylation sites (tertiary alicyclic amines) is 1. The molecule has 2 aliphatic carbocycles. The molecule has 3 amide bonds. The lowest BCUT2D eigenvalue weighted by atomic mass is 9.83. The second kappa shape index (κ2) is 18.7. The highest BCUT2D eigenvalue weighted by Gasteiger charge is 2.37. The van der Waals surface area contributed by atoms with Gasteiger partial charge < -0.3 is 14.5 Å². The van der Waals surface area contributed by atoms with Crippen LogP contribution < -0.4 is 4.74 Å². The molecule has 1 aromatic carbocycles. The van der Waals surface area contributed by atoms with Crippen LogP contribution >= 0.6 is 23.2 Å². The summed E-state index contributed by atoms with van der Waals surface area (Å²) in [6.07, 6.45) is 16.5. The van der Waals surface area contributed by atoms with E-state index in [9.17, 15) is 4.79 Å². The Morgan fingerprint density at radius 2 is 1.67 bits per heavy atom. The molecule has 0 N–H and O–H groups in total. The molecule has 2 fully saturated rings. The Bertz CT molecular complexity index is 1710. The molecular weight excluding hydrogens is 729 g/mol. The topological polar surface area (TPSA) is 78.3 Å². The number of amides is 3. The van der Waals surface area contributed by atoms with E-state index in [1.807, 2.05) is 60.5 Å². The Hall–Kier alpha value is -3.36. The van der Waals surface area contributed by atoms with Crippen molar-refractivity contribution in [3.05, 3.63) is 81.6 Å². The van der Waals surface area contributed by atoms with E-state index >= 15 is 4.79 Å². The van der Waals surface area contributed by atoms with Gasteiger partial charge >= 0.3 is 6.03 Å². The number of urea groups is 1. The number of hydrogen-bond donors (Lipinski definition) is 0. The maximum absolute atomic E-state index is 15.1. The zero-order chi connectivity index (χ0) is 39.9. The number of pyridine rings is 1. The summed E-state index contributed by atoms with van der Waals surface area (Å²) in [5.41, 5.74) is 1.63. The molecule has 1 saturated heterocycles. The fourth-order valence-corrected chi connectivity index (χ4v) is 8.45. The number of carbonyl (C=O) groups is 2. The maximum atomic E-state index is 15.1. The minimum atomic E-state index is -0.626. The minimum absolute atomic E-state index is 0.0436. The second-order valence-electron chi connectivity index (χ2n) is 17.4. The number of hydrogen-bond acceptors (Lipinski definition) is 5. The smallest absolute Gasteiger partial charge is 0.325 e. The molecule has 1 atom stereocenters. The third-order valence-corrected chi connectivity index (χ3v) is 12.0. The number of halogens is 2. The molecular formula is C45H63Cl2N5O3. The number of aliphatic imine (C=N–C) groups is 1. The zero-order valence-electron chi connectivity index (χ0n) is 34.4. The molecule has 1 saturated carbocycles. The van der Waals surface area contributed by atoms with Crippen molar-refractivity contribution in [1.82, 2.24) is 19.7 Å². The number of ether oxygens (including phenoxy) is 1. The first-order valence-corrected chi connectivity index (χ1v) is 21.2. The number of benzene rings is 1. The first-order chi connectivity index (χ1) is 26.1. The Morgan fingerprint density at radius 3 is 2.25 bits per heavy atom. The van der Waals surface area contributed by atoms with Gasteiger partial charge in [0.15, 0.2) is 0 Å². The van der Waals surface area contributed by atoms with Crippen molar-refractivity contribution in [2.24, 2.45) is 16.8 Å². The largest absolute Gasteiger partial charge is 0.493 e. The van der Waals surface area contributed by atoms with E-state index in [1.54, 1.807) is 4.90 Å². The van der Waals surface area contributed by atoms with Crippen LogP contribution in [0.2, 0.25) is 5.02 Å². The third-order valence-electron chi connectivity index (χ3n) is 11.4. The molecule has 3 aliphatic rings. The van der Waals surface area contributed by atoms with Crippen molar-refractivity contribution in [1.29, 1.82) is 0 Å². The lowest BCUT2D eigenvalue weighted by Crippen LogP contribution is -2.50. The van der Waals surface area contributed by atoms with E-state index in [2.05, 4.69) is 59.4 Å². The van der Waals surface area contributed by atoms with Crippen LogP contribution in [-0.4, -0.2) is 74.8 Å². The van der Waals surface area contributed by atoms with E-state index in [-0.39, 0.29) is 41.8 Å². The predicted molar refractivity (Wildman–Crippen MR) is 226 cm³/mol. The van der Waals surface area contributed by atoms with E-state index < -0.39 is 5.54 Å². The van der Waals surface area contributed by atoms with Gasteiger partial charge in [0, 0.05) is 70.9 Å². The summed E-state index contributed by atoms with van der Waals surface area (Å²) < 4.78 is 6.33. The normalized spacial score (nSPS) is 19.0.